The maximum absolute atomic E-state index is 12.0. The van der Waals surface area contributed by atoms with Crippen molar-refractivity contribution >= 4 is 5.91 Å². The lowest BCUT2D eigenvalue weighted by Crippen LogP contribution is -2.51. The summed E-state index contributed by atoms with van der Waals surface area (Å²) in [6.07, 6.45) is 5.96. The van der Waals surface area contributed by atoms with Gasteiger partial charge in [-0.05, 0) is 44.6 Å². The Kier molecular flexibility index (Phi) is 4.80. The molecule has 2 fully saturated rings. The number of hydrogen-bond donors (Lipinski definition) is 2. The number of carbonyl (C=O) groups excluding carboxylic acids is 1. The van der Waals surface area contributed by atoms with E-state index in [1.807, 2.05) is 0 Å². The van der Waals surface area contributed by atoms with Crippen LogP contribution in [0, 0.1) is 5.92 Å². The molecule has 0 saturated carbocycles. The smallest absolute Gasteiger partial charge is 0.237 e. The van der Waals surface area contributed by atoms with Gasteiger partial charge in [0.2, 0.25) is 5.91 Å². The SMILES string of the molecule is CC1CCCNC1C(=O)NCCC1CCCO1. The van der Waals surface area contributed by atoms with Crippen LogP contribution in [0.2, 0.25) is 0 Å². The summed E-state index contributed by atoms with van der Waals surface area (Å²) in [4.78, 5) is 12.0. The fraction of sp³-hybridized carbons (Fsp3) is 0.923. The van der Waals surface area contributed by atoms with Gasteiger partial charge in [0.05, 0.1) is 12.1 Å². The zero-order chi connectivity index (χ0) is 12.1. The summed E-state index contributed by atoms with van der Waals surface area (Å²) in [7, 11) is 0. The summed E-state index contributed by atoms with van der Waals surface area (Å²) in [5, 5.41) is 6.33. The number of hydrogen-bond acceptors (Lipinski definition) is 3. The van der Waals surface area contributed by atoms with Gasteiger partial charge < -0.3 is 15.4 Å². The highest BCUT2D eigenvalue weighted by molar-refractivity contribution is 5.82. The van der Waals surface area contributed by atoms with Crippen LogP contribution in [0.15, 0.2) is 0 Å². The van der Waals surface area contributed by atoms with Gasteiger partial charge in [-0.1, -0.05) is 6.92 Å². The molecule has 0 spiro atoms. The molecule has 0 radical (unpaired) electrons. The Labute approximate surface area is 103 Å². The first kappa shape index (κ1) is 12.8. The van der Waals surface area contributed by atoms with Crippen LogP contribution in [-0.2, 0) is 9.53 Å². The molecule has 0 aromatic carbocycles. The first-order chi connectivity index (χ1) is 8.27. The maximum atomic E-state index is 12.0. The Morgan fingerprint density at radius 2 is 2.29 bits per heavy atom. The van der Waals surface area contributed by atoms with Gasteiger partial charge in [0.1, 0.15) is 0 Å². The minimum atomic E-state index is 0.00764. The van der Waals surface area contributed by atoms with E-state index in [0.29, 0.717) is 12.0 Å². The van der Waals surface area contributed by atoms with E-state index in [1.165, 1.54) is 12.8 Å². The molecule has 2 aliphatic rings. The Hall–Kier alpha value is -0.610. The number of nitrogens with one attached hydrogen (secondary N) is 2. The first-order valence-electron chi connectivity index (χ1n) is 6.90. The van der Waals surface area contributed by atoms with Crippen LogP contribution in [0.1, 0.15) is 39.0 Å². The molecule has 0 bridgehead atoms. The molecule has 17 heavy (non-hydrogen) atoms. The van der Waals surface area contributed by atoms with Crippen LogP contribution in [0.4, 0.5) is 0 Å². The molecule has 2 aliphatic heterocycles. The largest absolute Gasteiger partial charge is 0.378 e. The van der Waals surface area contributed by atoms with Crippen molar-refractivity contribution in [2.75, 3.05) is 19.7 Å². The van der Waals surface area contributed by atoms with Gasteiger partial charge in [-0.25, -0.2) is 0 Å². The molecule has 0 aliphatic carbocycles. The Morgan fingerprint density at radius 3 is 3.00 bits per heavy atom. The summed E-state index contributed by atoms with van der Waals surface area (Å²) in [6, 6.07) is 0.00764. The highest BCUT2D eigenvalue weighted by Gasteiger charge is 2.27. The molecule has 3 atom stereocenters. The van der Waals surface area contributed by atoms with Crippen molar-refractivity contribution in [1.82, 2.24) is 10.6 Å². The van der Waals surface area contributed by atoms with Crippen molar-refractivity contribution in [1.29, 1.82) is 0 Å². The molecular weight excluding hydrogens is 216 g/mol. The summed E-state index contributed by atoms with van der Waals surface area (Å²) < 4.78 is 5.53. The quantitative estimate of drug-likeness (QED) is 0.772. The van der Waals surface area contributed by atoms with Gasteiger partial charge in [-0.2, -0.15) is 0 Å². The number of rotatable bonds is 4. The average Bonchev–Trinajstić information content (AvgIpc) is 2.82. The van der Waals surface area contributed by atoms with Crippen LogP contribution in [0.25, 0.3) is 0 Å². The highest BCUT2D eigenvalue weighted by Crippen LogP contribution is 2.16. The van der Waals surface area contributed by atoms with Crippen molar-refractivity contribution in [2.45, 2.75) is 51.2 Å². The van der Waals surface area contributed by atoms with E-state index in [-0.39, 0.29) is 11.9 Å². The molecule has 2 heterocycles. The number of ether oxygens (including phenoxy) is 1. The Bertz CT molecular complexity index is 252. The Morgan fingerprint density at radius 1 is 1.41 bits per heavy atom. The molecular formula is C13H24N2O2. The average molecular weight is 240 g/mol. The van der Waals surface area contributed by atoms with Gasteiger partial charge in [-0.15, -0.1) is 0 Å². The minimum Gasteiger partial charge on any atom is -0.378 e. The van der Waals surface area contributed by atoms with E-state index in [4.69, 9.17) is 4.74 Å². The number of amides is 1. The zero-order valence-corrected chi connectivity index (χ0v) is 10.7. The molecule has 2 saturated heterocycles. The van der Waals surface area contributed by atoms with Gasteiger partial charge >= 0.3 is 0 Å². The number of carbonyl (C=O) groups is 1. The predicted octanol–water partition coefficient (Wildman–Crippen LogP) is 1.06. The molecule has 0 aromatic heterocycles. The third kappa shape index (κ3) is 3.68. The second kappa shape index (κ2) is 6.36. The molecule has 98 valence electrons. The lowest BCUT2D eigenvalue weighted by molar-refractivity contribution is -0.124. The summed E-state index contributed by atoms with van der Waals surface area (Å²) in [5.41, 5.74) is 0. The van der Waals surface area contributed by atoms with E-state index in [9.17, 15) is 4.79 Å². The van der Waals surface area contributed by atoms with Gasteiger partial charge in [0.15, 0.2) is 0 Å². The standard InChI is InChI=1S/C13H24N2O2/c1-10-4-2-7-14-12(10)13(16)15-8-6-11-5-3-9-17-11/h10-12,14H,2-9H2,1H3,(H,15,16). The predicted molar refractivity (Wildman–Crippen MR) is 66.8 cm³/mol. The van der Waals surface area contributed by atoms with E-state index in [1.54, 1.807) is 0 Å². The van der Waals surface area contributed by atoms with E-state index in [0.717, 1.165) is 39.0 Å². The van der Waals surface area contributed by atoms with E-state index >= 15 is 0 Å². The van der Waals surface area contributed by atoms with Gasteiger partial charge in [0.25, 0.3) is 0 Å². The minimum absolute atomic E-state index is 0.00764. The summed E-state index contributed by atoms with van der Waals surface area (Å²) in [6.45, 7) is 4.75. The van der Waals surface area contributed by atoms with Crippen LogP contribution < -0.4 is 10.6 Å². The van der Waals surface area contributed by atoms with Crippen molar-refractivity contribution in [3.63, 3.8) is 0 Å². The second-order valence-corrected chi connectivity index (χ2v) is 5.27. The molecule has 0 aromatic rings. The summed E-state index contributed by atoms with van der Waals surface area (Å²) in [5.74, 6) is 0.613. The fourth-order valence-electron chi connectivity index (χ4n) is 2.74. The summed E-state index contributed by atoms with van der Waals surface area (Å²) >= 11 is 0. The van der Waals surface area contributed by atoms with Crippen LogP contribution in [0.3, 0.4) is 0 Å². The monoisotopic (exact) mass is 240 g/mol. The van der Waals surface area contributed by atoms with Gasteiger partial charge in [-0.3, -0.25) is 4.79 Å². The van der Waals surface area contributed by atoms with E-state index < -0.39 is 0 Å². The zero-order valence-electron chi connectivity index (χ0n) is 10.7. The third-order valence-corrected chi connectivity index (χ3v) is 3.84. The first-order valence-corrected chi connectivity index (χ1v) is 6.90. The highest BCUT2D eigenvalue weighted by atomic mass is 16.5. The van der Waals surface area contributed by atoms with Crippen molar-refractivity contribution in [3.8, 4) is 0 Å². The van der Waals surface area contributed by atoms with Crippen molar-refractivity contribution < 1.29 is 9.53 Å². The van der Waals surface area contributed by atoms with E-state index in [2.05, 4.69) is 17.6 Å². The molecule has 2 rings (SSSR count). The second-order valence-electron chi connectivity index (χ2n) is 5.27. The normalized spacial score (nSPS) is 33.6. The molecule has 1 amide bonds. The van der Waals surface area contributed by atoms with Crippen LogP contribution in [-0.4, -0.2) is 37.7 Å². The Balaban J connectivity index is 1.65. The van der Waals surface area contributed by atoms with Crippen molar-refractivity contribution in [3.05, 3.63) is 0 Å². The maximum Gasteiger partial charge on any atom is 0.237 e. The van der Waals surface area contributed by atoms with Crippen LogP contribution >= 0.6 is 0 Å². The molecule has 4 nitrogen and oxygen atoms in total. The molecule has 3 unspecified atom stereocenters. The molecule has 2 N–H and O–H groups in total. The topological polar surface area (TPSA) is 50.4 Å². The third-order valence-electron chi connectivity index (χ3n) is 3.84. The van der Waals surface area contributed by atoms with Crippen LogP contribution in [0.5, 0.6) is 0 Å². The molecule has 4 heteroatoms. The van der Waals surface area contributed by atoms with Gasteiger partial charge in [0, 0.05) is 13.2 Å². The lowest BCUT2D eigenvalue weighted by atomic mass is 9.92. The fourth-order valence-corrected chi connectivity index (χ4v) is 2.74. The van der Waals surface area contributed by atoms with Crippen molar-refractivity contribution in [2.24, 2.45) is 5.92 Å². The number of piperidine rings is 1. The lowest BCUT2D eigenvalue weighted by Gasteiger charge is -2.29.